The van der Waals surface area contributed by atoms with Crippen LogP contribution in [-0.2, 0) is 14.3 Å². The monoisotopic (exact) mass is 341 g/mol. The standard InChI is InChI=1S/C16H20ClNO5/c1-3-8-23-9-4-5-14(19)18-15(16(20)21)11-6-7-13(22-2)12(17)10-11/h3,6-7,10,15H,1,4-5,8-9H2,2H3,(H,18,19)(H,20,21). The molecule has 6 nitrogen and oxygen atoms in total. The number of amides is 1. The summed E-state index contributed by atoms with van der Waals surface area (Å²) in [7, 11) is 1.46. The number of nitrogens with one attached hydrogen (secondary N) is 1. The number of hydrogen-bond acceptors (Lipinski definition) is 4. The van der Waals surface area contributed by atoms with Gasteiger partial charge in [-0.25, -0.2) is 4.79 Å². The van der Waals surface area contributed by atoms with Crippen LogP contribution in [0, 0.1) is 0 Å². The Morgan fingerprint density at radius 3 is 2.78 bits per heavy atom. The molecule has 1 aromatic carbocycles. The second-order valence-corrected chi connectivity index (χ2v) is 5.11. The summed E-state index contributed by atoms with van der Waals surface area (Å²) in [4.78, 5) is 23.3. The quantitative estimate of drug-likeness (QED) is 0.504. The van der Waals surface area contributed by atoms with Gasteiger partial charge in [-0.15, -0.1) is 6.58 Å². The van der Waals surface area contributed by atoms with E-state index in [4.69, 9.17) is 21.1 Å². The summed E-state index contributed by atoms with van der Waals surface area (Å²) in [6.45, 7) is 4.34. The minimum absolute atomic E-state index is 0.171. The molecular formula is C16H20ClNO5. The molecule has 0 fully saturated rings. The molecule has 126 valence electrons. The van der Waals surface area contributed by atoms with Crippen molar-refractivity contribution in [3.05, 3.63) is 41.4 Å². The number of aliphatic carboxylic acids is 1. The summed E-state index contributed by atoms with van der Waals surface area (Å²) in [6, 6.07) is 3.41. The third-order valence-corrected chi connectivity index (χ3v) is 3.29. The van der Waals surface area contributed by atoms with Crippen molar-refractivity contribution in [1.82, 2.24) is 5.32 Å². The Kier molecular flexibility index (Phi) is 8.15. The molecule has 0 saturated heterocycles. The number of carbonyl (C=O) groups is 2. The number of carboxylic acids is 1. The van der Waals surface area contributed by atoms with E-state index in [1.807, 2.05) is 0 Å². The van der Waals surface area contributed by atoms with Gasteiger partial charge in [-0.3, -0.25) is 4.79 Å². The number of rotatable bonds is 10. The summed E-state index contributed by atoms with van der Waals surface area (Å²) in [6.07, 6.45) is 2.29. The van der Waals surface area contributed by atoms with Crippen LogP contribution in [0.25, 0.3) is 0 Å². The first-order chi connectivity index (χ1) is 11.0. The van der Waals surface area contributed by atoms with Crippen molar-refractivity contribution in [2.75, 3.05) is 20.3 Å². The van der Waals surface area contributed by atoms with E-state index in [-0.39, 0.29) is 17.4 Å². The van der Waals surface area contributed by atoms with E-state index in [9.17, 15) is 14.7 Å². The van der Waals surface area contributed by atoms with Gasteiger partial charge in [0.25, 0.3) is 0 Å². The van der Waals surface area contributed by atoms with Crippen LogP contribution in [0.4, 0.5) is 0 Å². The third kappa shape index (κ3) is 6.30. The van der Waals surface area contributed by atoms with Crippen LogP contribution < -0.4 is 10.1 Å². The second-order valence-electron chi connectivity index (χ2n) is 4.70. The maximum atomic E-state index is 11.9. The minimum atomic E-state index is -1.17. The highest BCUT2D eigenvalue weighted by atomic mass is 35.5. The number of carboxylic acid groups (broad SMARTS) is 1. The van der Waals surface area contributed by atoms with E-state index in [1.165, 1.54) is 13.2 Å². The number of carbonyl (C=O) groups excluding carboxylic acids is 1. The predicted octanol–water partition coefficient (Wildman–Crippen LogP) is 2.57. The Bertz CT molecular complexity index is 561. The van der Waals surface area contributed by atoms with Crippen LogP contribution in [0.3, 0.4) is 0 Å². The fraction of sp³-hybridized carbons (Fsp3) is 0.375. The maximum Gasteiger partial charge on any atom is 0.330 e. The van der Waals surface area contributed by atoms with E-state index in [0.29, 0.717) is 30.9 Å². The van der Waals surface area contributed by atoms with Crippen molar-refractivity contribution in [2.24, 2.45) is 0 Å². The number of hydrogen-bond donors (Lipinski definition) is 2. The lowest BCUT2D eigenvalue weighted by Gasteiger charge is -2.16. The zero-order chi connectivity index (χ0) is 17.2. The smallest absolute Gasteiger partial charge is 0.330 e. The number of halogens is 1. The topological polar surface area (TPSA) is 84.9 Å². The van der Waals surface area contributed by atoms with Crippen LogP contribution in [0.15, 0.2) is 30.9 Å². The Labute approximate surface area is 140 Å². The van der Waals surface area contributed by atoms with Crippen molar-refractivity contribution < 1.29 is 24.2 Å². The van der Waals surface area contributed by atoms with Crippen molar-refractivity contribution >= 4 is 23.5 Å². The highest BCUT2D eigenvalue weighted by molar-refractivity contribution is 6.32. The first-order valence-electron chi connectivity index (χ1n) is 7.03. The molecule has 1 aromatic rings. The minimum Gasteiger partial charge on any atom is -0.495 e. The van der Waals surface area contributed by atoms with Gasteiger partial charge in [0.15, 0.2) is 6.04 Å². The first kappa shape index (κ1) is 19.0. The fourth-order valence-electron chi connectivity index (χ4n) is 1.88. The molecule has 7 heteroatoms. The van der Waals surface area contributed by atoms with E-state index in [0.717, 1.165) is 0 Å². The lowest BCUT2D eigenvalue weighted by Crippen LogP contribution is -2.33. The van der Waals surface area contributed by atoms with E-state index >= 15 is 0 Å². The summed E-state index contributed by atoms with van der Waals surface area (Å²) in [5.74, 6) is -1.10. The van der Waals surface area contributed by atoms with Crippen LogP contribution >= 0.6 is 11.6 Å². The van der Waals surface area contributed by atoms with Crippen molar-refractivity contribution in [3.8, 4) is 5.75 Å². The van der Waals surface area contributed by atoms with Crippen molar-refractivity contribution in [2.45, 2.75) is 18.9 Å². The molecule has 0 aliphatic heterocycles. The van der Waals surface area contributed by atoms with Gasteiger partial charge in [0.05, 0.1) is 18.7 Å². The van der Waals surface area contributed by atoms with Gasteiger partial charge >= 0.3 is 5.97 Å². The maximum absolute atomic E-state index is 11.9. The molecule has 0 aliphatic rings. The lowest BCUT2D eigenvalue weighted by atomic mass is 10.1. The first-order valence-corrected chi connectivity index (χ1v) is 7.41. The van der Waals surface area contributed by atoms with Gasteiger partial charge in [-0.1, -0.05) is 23.7 Å². The van der Waals surface area contributed by atoms with Gasteiger partial charge in [-0.2, -0.15) is 0 Å². The fourth-order valence-corrected chi connectivity index (χ4v) is 2.15. The van der Waals surface area contributed by atoms with Gasteiger partial charge in [0, 0.05) is 13.0 Å². The van der Waals surface area contributed by atoms with Crippen LogP contribution in [0.2, 0.25) is 5.02 Å². The summed E-state index contributed by atoms with van der Waals surface area (Å²) in [5.41, 5.74) is 0.375. The SMILES string of the molecule is C=CCOCCCC(=O)NC(C(=O)O)c1ccc(OC)c(Cl)c1. The largest absolute Gasteiger partial charge is 0.495 e. The molecule has 1 amide bonds. The molecule has 1 rings (SSSR count). The van der Waals surface area contributed by atoms with E-state index in [2.05, 4.69) is 11.9 Å². The van der Waals surface area contributed by atoms with Crippen molar-refractivity contribution in [1.29, 1.82) is 0 Å². The Hall–Kier alpha value is -2.05. The van der Waals surface area contributed by atoms with Gasteiger partial charge in [0.1, 0.15) is 5.75 Å². The molecule has 23 heavy (non-hydrogen) atoms. The van der Waals surface area contributed by atoms with Crippen LogP contribution in [-0.4, -0.2) is 37.3 Å². The van der Waals surface area contributed by atoms with Crippen LogP contribution in [0.5, 0.6) is 5.75 Å². The zero-order valence-electron chi connectivity index (χ0n) is 12.9. The molecular weight excluding hydrogens is 322 g/mol. The molecule has 0 aromatic heterocycles. The molecule has 0 aliphatic carbocycles. The second kappa shape index (κ2) is 9.86. The van der Waals surface area contributed by atoms with E-state index < -0.39 is 12.0 Å². The Morgan fingerprint density at radius 1 is 1.48 bits per heavy atom. The lowest BCUT2D eigenvalue weighted by molar-refractivity contribution is -0.142. The van der Waals surface area contributed by atoms with Crippen molar-refractivity contribution in [3.63, 3.8) is 0 Å². The highest BCUT2D eigenvalue weighted by Gasteiger charge is 2.22. The van der Waals surface area contributed by atoms with Crippen LogP contribution in [0.1, 0.15) is 24.4 Å². The number of methoxy groups -OCH3 is 1. The number of benzene rings is 1. The van der Waals surface area contributed by atoms with E-state index in [1.54, 1.807) is 18.2 Å². The zero-order valence-corrected chi connectivity index (χ0v) is 13.6. The van der Waals surface area contributed by atoms with Gasteiger partial charge in [0.2, 0.25) is 5.91 Å². The molecule has 1 atom stereocenters. The normalized spacial score (nSPS) is 11.6. The highest BCUT2D eigenvalue weighted by Crippen LogP contribution is 2.27. The predicted molar refractivity (Wildman–Crippen MR) is 86.8 cm³/mol. The summed E-state index contributed by atoms with van der Waals surface area (Å²) >= 11 is 5.99. The summed E-state index contributed by atoms with van der Waals surface area (Å²) < 4.78 is 10.2. The summed E-state index contributed by atoms with van der Waals surface area (Å²) in [5, 5.41) is 12.1. The van der Waals surface area contributed by atoms with Gasteiger partial charge in [-0.05, 0) is 24.1 Å². The average Bonchev–Trinajstić information content (AvgIpc) is 2.52. The van der Waals surface area contributed by atoms with Gasteiger partial charge < -0.3 is 19.9 Å². The molecule has 0 radical (unpaired) electrons. The molecule has 2 N–H and O–H groups in total. The Balaban J connectivity index is 2.65. The molecule has 1 unspecified atom stereocenters. The molecule has 0 spiro atoms. The Morgan fingerprint density at radius 2 is 2.22 bits per heavy atom. The average molecular weight is 342 g/mol. The molecule has 0 heterocycles. The third-order valence-electron chi connectivity index (χ3n) is 2.99. The molecule has 0 saturated carbocycles. The molecule has 0 bridgehead atoms. The number of ether oxygens (including phenoxy) is 2.